The van der Waals surface area contributed by atoms with E-state index < -0.39 is 0 Å². The molecule has 0 aliphatic carbocycles. The molecular weight excluding hydrogens is 436 g/mol. The number of carbonyl (C=O) groups excluding carboxylic acids is 1. The number of para-hydroxylation sites is 1. The van der Waals surface area contributed by atoms with Crippen molar-refractivity contribution >= 4 is 34.2 Å². The Labute approximate surface area is 195 Å². The van der Waals surface area contributed by atoms with Gasteiger partial charge in [-0.05, 0) is 55.2 Å². The molecule has 0 radical (unpaired) electrons. The Balaban J connectivity index is 1.23. The second kappa shape index (κ2) is 8.26. The molecule has 1 amide bonds. The summed E-state index contributed by atoms with van der Waals surface area (Å²) in [5.41, 5.74) is 4.13. The minimum Gasteiger partial charge on any atom is -0.486 e. The lowest BCUT2D eigenvalue weighted by atomic mass is 10.0. The van der Waals surface area contributed by atoms with E-state index >= 15 is 0 Å². The molecule has 0 bridgehead atoms. The van der Waals surface area contributed by atoms with E-state index in [1.807, 2.05) is 39.6 Å². The van der Waals surface area contributed by atoms with Crippen molar-refractivity contribution in [3.8, 4) is 11.5 Å². The smallest absolute Gasteiger partial charge is 0.233 e. The lowest BCUT2D eigenvalue weighted by Gasteiger charge is -2.26. The molecule has 4 heterocycles. The Bertz CT molecular complexity index is 1370. The fourth-order valence-corrected chi connectivity index (χ4v) is 5.69. The first kappa shape index (κ1) is 20.4. The van der Waals surface area contributed by atoms with Crippen molar-refractivity contribution in [1.29, 1.82) is 0 Å². The highest BCUT2D eigenvalue weighted by Gasteiger charge is 2.31. The number of nitrogens with zero attached hydrogens (tertiary/aromatic N) is 4. The van der Waals surface area contributed by atoms with Gasteiger partial charge in [0.15, 0.2) is 22.3 Å². The second-order valence-corrected chi connectivity index (χ2v) is 9.40. The lowest BCUT2D eigenvalue weighted by molar-refractivity contribution is -0.129. The van der Waals surface area contributed by atoms with Crippen molar-refractivity contribution in [3.63, 3.8) is 0 Å². The molecule has 6 rings (SSSR count). The molecule has 2 aliphatic rings. The third-order valence-electron chi connectivity index (χ3n) is 6.42. The number of aryl methyl sites for hydroxylation is 1. The molecule has 2 aromatic heterocycles. The van der Waals surface area contributed by atoms with Crippen LogP contribution in [0.25, 0.3) is 16.6 Å². The summed E-state index contributed by atoms with van der Waals surface area (Å²) in [6, 6.07) is 16.4. The number of ether oxygens (including phenoxy) is 2. The van der Waals surface area contributed by atoms with E-state index in [-0.39, 0.29) is 11.9 Å². The molecular formula is C25H24N4O3S. The van der Waals surface area contributed by atoms with Crippen LogP contribution in [-0.2, 0) is 4.79 Å². The highest BCUT2D eigenvalue weighted by atomic mass is 32.2. The summed E-state index contributed by atoms with van der Waals surface area (Å²) < 4.78 is 13.4. The molecule has 8 heteroatoms. The number of amides is 1. The largest absolute Gasteiger partial charge is 0.486 e. The molecule has 7 nitrogen and oxygen atoms in total. The van der Waals surface area contributed by atoms with Gasteiger partial charge in [-0.1, -0.05) is 36.0 Å². The Morgan fingerprint density at radius 2 is 1.94 bits per heavy atom. The molecule has 1 atom stereocenters. The molecule has 33 heavy (non-hydrogen) atoms. The van der Waals surface area contributed by atoms with Crippen molar-refractivity contribution in [1.82, 2.24) is 19.5 Å². The van der Waals surface area contributed by atoms with Crippen LogP contribution in [-0.4, -0.2) is 50.9 Å². The van der Waals surface area contributed by atoms with Gasteiger partial charge in [-0.25, -0.2) is 0 Å². The van der Waals surface area contributed by atoms with E-state index in [1.165, 1.54) is 11.8 Å². The number of hydrogen-bond acceptors (Lipinski definition) is 6. The van der Waals surface area contributed by atoms with Gasteiger partial charge in [0, 0.05) is 11.9 Å². The van der Waals surface area contributed by atoms with Gasteiger partial charge >= 0.3 is 0 Å². The number of likely N-dealkylation sites (tertiary alicyclic amines) is 1. The maximum atomic E-state index is 13.3. The summed E-state index contributed by atoms with van der Waals surface area (Å²) in [5.74, 6) is 1.98. The third kappa shape index (κ3) is 3.58. The average Bonchev–Trinajstić information content (AvgIpc) is 3.50. The molecule has 0 saturated carbocycles. The molecule has 0 N–H and O–H groups in total. The monoisotopic (exact) mass is 460 g/mol. The van der Waals surface area contributed by atoms with Gasteiger partial charge in [-0.3, -0.25) is 9.20 Å². The fraction of sp³-hybridized carbons (Fsp3) is 0.320. The number of benzene rings is 2. The first-order valence-electron chi connectivity index (χ1n) is 11.2. The number of rotatable bonds is 4. The van der Waals surface area contributed by atoms with Crippen LogP contribution in [0.4, 0.5) is 0 Å². The number of pyridine rings is 1. The molecule has 1 unspecified atom stereocenters. The normalized spacial score (nSPS) is 17.7. The number of thioether (sulfide) groups is 1. The highest BCUT2D eigenvalue weighted by Crippen LogP contribution is 2.38. The van der Waals surface area contributed by atoms with Crippen molar-refractivity contribution < 1.29 is 14.3 Å². The van der Waals surface area contributed by atoms with Crippen LogP contribution in [0.1, 0.15) is 30.0 Å². The van der Waals surface area contributed by atoms with E-state index in [1.54, 1.807) is 0 Å². The number of carbonyl (C=O) groups is 1. The zero-order valence-electron chi connectivity index (χ0n) is 18.4. The number of fused-ring (bicyclic) bond motifs is 4. The number of aromatic nitrogens is 3. The van der Waals surface area contributed by atoms with Gasteiger partial charge in [0.05, 0.1) is 17.3 Å². The van der Waals surface area contributed by atoms with Gasteiger partial charge < -0.3 is 14.4 Å². The molecule has 0 spiro atoms. The van der Waals surface area contributed by atoms with E-state index in [4.69, 9.17) is 9.47 Å². The van der Waals surface area contributed by atoms with Crippen LogP contribution in [0.2, 0.25) is 0 Å². The van der Waals surface area contributed by atoms with Crippen molar-refractivity contribution in [2.45, 2.75) is 31.0 Å². The van der Waals surface area contributed by atoms with E-state index in [9.17, 15) is 4.79 Å². The van der Waals surface area contributed by atoms with Gasteiger partial charge in [-0.2, -0.15) is 0 Å². The first-order chi connectivity index (χ1) is 16.2. The van der Waals surface area contributed by atoms with Crippen LogP contribution < -0.4 is 9.47 Å². The molecule has 2 aromatic carbocycles. The first-order valence-corrected chi connectivity index (χ1v) is 12.2. The molecule has 1 saturated heterocycles. The molecule has 4 aromatic rings. The van der Waals surface area contributed by atoms with E-state index in [0.717, 1.165) is 63.7 Å². The Morgan fingerprint density at radius 3 is 2.85 bits per heavy atom. The Kier molecular flexibility index (Phi) is 5.10. The topological polar surface area (TPSA) is 69.0 Å². The maximum Gasteiger partial charge on any atom is 0.233 e. The summed E-state index contributed by atoms with van der Waals surface area (Å²) in [6.07, 6.45) is 1.95. The van der Waals surface area contributed by atoms with E-state index in [2.05, 4.69) is 35.3 Å². The van der Waals surface area contributed by atoms with Gasteiger partial charge in [-0.15, -0.1) is 10.2 Å². The SMILES string of the molecule is Cc1cc2nnc(SCC(=O)N3CCCC3c3ccc4c(c3)OCCO4)n2c2ccccc12. The maximum absolute atomic E-state index is 13.3. The van der Waals surface area contributed by atoms with E-state index in [0.29, 0.717) is 19.0 Å². The zero-order chi connectivity index (χ0) is 22.4. The standard InChI is InChI=1S/C25H24N4O3S/c1-16-13-23-26-27-25(29(23)20-6-3-2-5-18(16)20)33-15-24(30)28-10-4-7-19(28)17-8-9-21-22(14-17)32-12-11-31-21/h2-3,5-6,8-9,13-14,19H,4,7,10-12,15H2,1H3. The molecule has 2 aliphatic heterocycles. The zero-order valence-corrected chi connectivity index (χ0v) is 19.2. The van der Waals surface area contributed by atoms with Crippen LogP contribution in [0.3, 0.4) is 0 Å². The molecule has 168 valence electrons. The number of hydrogen-bond donors (Lipinski definition) is 0. The quantitative estimate of drug-likeness (QED) is 0.420. The third-order valence-corrected chi connectivity index (χ3v) is 7.34. The predicted octanol–water partition coefficient (Wildman–Crippen LogP) is 4.42. The van der Waals surface area contributed by atoms with Gasteiger partial charge in [0.25, 0.3) is 0 Å². The summed E-state index contributed by atoms with van der Waals surface area (Å²) in [7, 11) is 0. The lowest BCUT2D eigenvalue weighted by Crippen LogP contribution is -2.32. The van der Waals surface area contributed by atoms with Gasteiger partial charge in [0.2, 0.25) is 5.91 Å². The summed E-state index contributed by atoms with van der Waals surface area (Å²) in [6.45, 7) is 3.98. The Morgan fingerprint density at radius 1 is 1.09 bits per heavy atom. The van der Waals surface area contributed by atoms with Crippen LogP contribution in [0, 0.1) is 6.92 Å². The Hall–Kier alpha value is -3.26. The highest BCUT2D eigenvalue weighted by molar-refractivity contribution is 7.99. The average molecular weight is 461 g/mol. The minimum absolute atomic E-state index is 0.0625. The summed E-state index contributed by atoms with van der Waals surface area (Å²) in [4.78, 5) is 15.2. The summed E-state index contributed by atoms with van der Waals surface area (Å²) in [5, 5.41) is 10.6. The van der Waals surface area contributed by atoms with Gasteiger partial charge in [0.1, 0.15) is 13.2 Å². The molecule has 1 fully saturated rings. The summed E-state index contributed by atoms with van der Waals surface area (Å²) >= 11 is 1.45. The van der Waals surface area contributed by atoms with Crippen LogP contribution in [0.15, 0.2) is 53.7 Å². The van der Waals surface area contributed by atoms with Crippen molar-refractivity contribution in [3.05, 3.63) is 59.7 Å². The van der Waals surface area contributed by atoms with Crippen LogP contribution in [0.5, 0.6) is 11.5 Å². The second-order valence-electron chi connectivity index (χ2n) is 8.46. The van der Waals surface area contributed by atoms with Crippen molar-refractivity contribution in [2.75, 3.05) is 25.5 Å². The van der Waals surface area contributed by atoms with Crippen LogP contribution >= 0.6 is 11.8 Å². The van der Waals surface area contributed by atoms with Crippen molar-refractivity contribution in [2.24, 2.45) is 0 Å². The minimum atomic E-state index is 0.0625. The predicted molar refractivity (Wildman–Crippen MR) is 127 cm³/mol. The fourth-order valence-electron chi connectivity index (χ4n) is 4.86.